The molecule has 1 fully saturated rings. The summed E-state index contributed by atoms with van der Waals surface area (Å²) in [7, 11) is 0. The number of pyridine rings is 1. The quantitative estimate of drug-likeness (QED) is 0.843. The Balaban J connectivity index is 1.85. The summed E-state index contributed by atoms with van der Waals surface area (Å²) in [4.78, 5) is 18.7. The minimum Gasteiger partial charge on any atom is -0.332 e. The van der Waals surface area contributed by atoms with Crippen molar-refractivity contribution < 1.29 is 4.79 Å². The maximum atomic E-state index is 12.6. The number of carbonyl (C=O) groups excluding carboxylic acids is 1. The molecule has 1 aliphatic rings. The molecule has 0 saturated carbocycles. The Hall–Kier alpha value is -1.87. The van der Waals surface area contributed by atoms with Gasteiger partial charge in [-0.05, 0) is 48.7 Å². The first kappa shape index (κ1) is 13.1. The molecule has 4 heteroatoms. The van der Waals surface area contributed by atoms with Crippen LogP contribution in [-0.2, 0) is 0 Å². The van der Waals surface area contributed by atoms with Gasteiger partial charge in [0.1, 0.15) is 0 Å². The highest BCUT2D eigenvalue weighted by atomic mass is 35.5. The number of hydrogen-bond donors (Lipinski definition) is 0. The van der Waals surface area contributed by atoms with Gasteiger partial charge in [0.15, 0.2) is 0 Å². The van der Waals surface area contributed by atoms with E-state index in [0.717, 1.165) is 24.9 Å². The molecule has 1 aromatic heterocycles. The SMILES string of the molecule is O=C(c1ccc(Cl)cc1)N1CCCC1c1cccnc1. The van der Waals surface area contributed by atoms with E-state index in [4.69, 9.17) is 11.6 Å². The van der Waals surface area contributed by atoms with Crippen LogP contribution >= 0.6 is 11.6 Å². The number of likely N-dealkylation sites (tertiary alicyclic amines) is 1. The minimum absolute atomic E-state index is 0.0630. The van der Waals surface area contributed by atoms with Crippen LogP contribution in [0.3, 0.4) is 0 Å². The molecule has 3 nitrogen and oxygen atoms in total. The molecule has 1 amide bonds. The number of hydrogen-bond acceptors (Lipinski definition) is 2. The third kappa shape index (κ3) is 2.54. The summed E-state index contributed by atoms with van der Waals surface area (Å²) in [6.07, 6.45) is 5.62. The van der Waals surface area contributed by atoms with E-state index in [1.807, 2.05) is 23.2 Å². The second-order valence-corrected chi connectivity index (χ2v) is 5.39. The molecular weight excluding hydrogens is 272 g/mol. The van der Waals surface area contributed by atoms with E-state index in [0.29, 0.717) is 10.6 Å². The molecule has 0 radical (unpaired) electrons. The predicted molar refractivity (Wildman–Crippen MR) is 78.7 cm³/mol. The molecule has 0 bridgehead atoms. The van der Waals surface area contributed by atoms with Crippen molar-refractivity contribution in [1.82, 2.24) is 9.88 Å². The van der Waals surface area contributed by atoms with Crippen LogP contribution in [0.2, 0.25) is 5.02 Å². The molecule has 1 aliphatic heterocycles. The molecule has 0 spiro atoms. The van der Waals surface area contributed by atoms with Crippen LogP contribution in [0, 0.1) is 0 Å². The molecule has 1 unspecified atom stereocenters. The van der Waals surface area contributed by atoms with Gasteiger partial charge in [0, 0.05) is 29.5 Å². The third-order valence-electron chi connectivity index (χ3n) is 3.67. The molecule has 2 heterocycles. The van der Waals surface area contributed by atoms with Crippen LogP contribution in [0.5, 0.6) is 0 Å². The van der Waals surface area contributed by atoms with Crippen molar-refractivity contribution in [1.29, 1.82) is 0 Å². The Morgan fingerprint density at radius 2 is 2.05 bits per heavy atom. The highest BCUT2D eigenvalue weighted by Crippen LogP contribution is 2.32. The first-order valence-electron chi connectivity index (χ1n) is 6.72. The van der Waals surface area contributed by atoms with Crippen molar-refractivity contribution in [3.8, 4) is 0 Å². The van der Waals surface area contributed by atoms with Crippen LogP contribution in [0.15, 0.2) is 48.8 Å². The maximum absolute atomic E-state index is 12.6. The van der Waals surface area contributed by atoms with Gasteiger partial charge in [-0.1, -0.05) is 17.7 Å². The van der Waals surface area contributed by atoms with Crippen molar-refractivity contribution in [2.75, 3.05) is 6.54 Å². The second-order valence-electron chi connectivity index (χ2n) is 4.95. The van der Waals surface area contributed by atoms with E-state index in [-0.39, 0.29) is 11.9 Å². The van der Waals surface area contributed by atoms with Crippen molar-refractivity contribution in [2.24, 2.45) is 0 Å². The van der Waals surface area contributed by atoms with E-state index in [1.165, 1.54) is 0 Å². The van der Waals surface area contributed by atoms with Gasteiger partial charge in [-0.2, -0.15) is 0 Å². The molecule has 0 N–H and O–H groups in total. The fourth-order valence-corrected chi connectivity index (χ4v) is 2.81. The van der Waals surface area contributed by atoms with Gasteiger partial charge in [-0.15, -0.1) is 0 Å². The highest BCUT2D eigenvalue weighted by Gasteiger charge is 2.30. The summed E-state index contributed by atoms with van der Waals surface area (Å²) in [6, 6.07) is 11.1. The topological polar surface area (TPSA) is 33.2 Å². The largest absolute Gasteiger partial charge is 0.332 e. The predicted octanol–water partition coefficient (Wildman–Crippen LogP) is 3.71. The van der Waals surface area contributed by atoms with Gasteiger partial charge in [-0.25, -0.2) is 0 Å². The third-order valence-corrected chi connectivity index (χ3v) is 3.93. The smallest absolute Gasteiger partial charge is 0.254 e. The monoisotopic (exact) mass is 286 g/mol. The average Bonchev–Trinajstić information content (AvgIpc) is 2.97. The van der Waals surface area contributed by atoms with Crippen LogP contribution in [0.25, 0.3) is 0 Å². The van der Waals surface area contributed by atoms with Gasteiger partial charge in [0.25, 0.3) is 5.91 Å². The molecule has 3 rings (SSSR count). The first-order valence-corrected chi connectivity index (χ1v) is 7.10. The Morgan fingerprint density at radius 1 is 1.25 bits per heavy atom. The van der Waals surface area contributed by atoms with E-state index >= 15 is 0 Å². The number of amides is 1. The minimum atomic E-state index is 0.0630. The van der Waals surface area contributed by atoms with Crippen LogP contribution in [-0.4, -0.2) is 22.3 Å². The highest BCUT2D eigenvalue weighted by molar-refractivity contribution is 6.30. The summed E-state index contributed by atoms with van der Waals surface area (Å²) in [6.45, 7) is 0.793. The average molecular weight is 287 g/mol. The number of halogens is 1. The van der Waals surface area contributed by atoms with Crippen molar-refractivity contribution in [2.45, 2.75) is 18.9 Å². The summed E-state index contributed by atoms with van der Waals surface area (Å²) >= 11 is 5.87. The van der Waals surface area contributed by atoms with Gasteiger partial charge in [0.05, 0.1) is 6.04 Å². The lowest BCUT2D eigenvalue weighted by Crippen LogP contribution is -2.30. The van der Waals surface area contributed by atoms with Crippen molar-refractivity contribution in [3.05, 3.63) is 64.9 Å². The Kier molecular flexibility index (Phi) is 3.70. The number of benzene rings is 1. The zero-order chi connectivity index (χ0) is 13.9. The van der Waals surface area contributed by atoms with E-state index in [2.05, 4.69) is 4.98 Å². The van der Waals surface area contributed by atoms with Crippen LogP contribution < -0.4 is 0 Å². The normalized spacial score (nSPS) is 18.2. The molecular formula is C16H15ClN2O. The van der Waals surface area contributed by atoms with E-state index in [1.54, 1.807) is 30.5 Å². The van der Waals surface area contributed by atoms with Crippen molar-refractivity contribution >= 4 is 17.5 Å². The van der Waals surface area contributed by atoms with E-state index in [9.17, 15) is 4.79 Å². The second kappa shape index (κ2) is 5.63. The van der Waals surface area contributed by atoms with Gasteiger partial charge in [0.2, 0.25) is 0 Å². The lowest BCUT2D eigenvalue weighted by Gasteiger charge is -2.25. The van der Waals surface area contributed by atoms with Crippen LogP contribution in [0.4, 0.5) is 0 Å². The molecule has 1 aromatic carbocycles. The molecule has 1 atom stereocenters. The number of carbonyl (C=O) groups is 1. The summed E-state index contributed by atoms with van der Waals surface area (Å²) in [5.74, 6) is 0.0630. The Morgan fingerprint density at radius 3 is 2.75 bits per heavy atom. The summed E-state index contributed by atoms with van der Waals surface area (Å²) < 4.78 is 0. The fraction of sp³-hybridized carbons (Fsp3) is 0.250. The maximum Gasteiger partial charge on any atom is 0.254 e. The van der Waals surface area contributed by atoms with E-state index < -0.39 is 0 Å². The molecule has 102 valence electrons. The Labute approximate surface area is 123 Å². The van der Waals surface area contributed by atoms with Gasteiger partial charge in [-0.3, -0.25) is 9.78 Å². The Bertz CT molecular complexity index is 598. The first-order chi connectivity index (χ1) is 9.75. The molecule has 20 heavy (non-hydrogen) atoms. The van der Waals surface area contributed by atoms with Crippen molar-refractivity contribution in [3.63, 3.8) is 0 Å². The van der Waals surface area contributed by atoms with Gasteiger partial charge < -0.3 is 4.90 Å². The number of aromatic nitrogens is 1. The molecule has 0 aliphatic carbocycles. The number of rotatable bonds is 2. The standard InChI is InChI=1S/C16H15ClN2O/c17-14-7-5-12(6-8-14)16(20)19-10-2-4-15(19)13-3-1-9-18-11-13/h1,3,5-9,11,15H,2,4,10H2. The van der Waals surface area contributed by atoms with Gasteiger partial charge >= 0.3 is 0 Å². The number of nitrogens with zero attached hydrogens (tertiary/aromatic N) is 2. The lowest BCUT2D eigenvalue weighted by atomic mass is 10.1. The lowest BCUT2D eigenvalue weighted by molar-refractivity contribution is 0.0735. The zero-order valence-corrected chi connectivity index (χ0v) is 11.8. The summed E-state index contributed by atoms with van der Waals surface area (Å²) in [5, 5.41) is 0.645. The van der Waals surface area contributed by atoms with Crippen LogP contribution in [0.1, 0.15) is 34.8 Å². The molecule has 2 aromatic rings. The fourth-order valence-electron chi connectivity index (χ4n) is 2.69. The molecule has 1 saturated heterocycles. The summed E-state index contributed by atoms with van der Waals surface area (Å²) in [5.41, 5.74) is 1.79. The zero-order valence-electron chi connectivity index (χ0n) is 11.0.